The Morgan fingerprint density at radius 2 is 2.00 bits per heavy atom. The highest BCUT2D eigenvalue weighted by Crippen LogP contribution is 2.27. The lowest BCUT2D eigenvalue weighted by Crippen LogP contribution is -2.49. The largest absolute Gasteiger partial charge is 0.392 e. The highest BCUT2D eigenvalue weighted by atomic mass is 32.2. The molecule has 3 N–H and O–H groups in total. The minimum absolute atomic E-state index is 0.0250. The standard InChI is InChI=1S/C12H24N2OS2/c1-5-12(6-2,10(13)16)11(15)14-7-9(3)8-17-4/h9H,5-8H2,1-4H3,(H2,13,16)(H,14,15). The van der Waals surface area contributed by atoms with Crippen molar-refractivity contribution in [3.8, 4) is 0 Å². The van der Waals surface area contributed by atoms with E-state index in [4.69, 9.17) is 18.0 Å². The molecule has 0 bridgehead atoms. The Bertz CT molecular complexity index is 265. The SMILES string of the molecule is CCC(CC)(C(=O)NCC(C)CSC)C(N)=S. The molecule has 0 aliphatic rings. The van der Waals surface area contributed by atoms with E-state index in [1.807, 2.05) is 13.8 Å². The van der Waals surface area contributed by atoms with E-state index in [1.54, 1.807) is 11.8 Å². The Balaban J connectivity index is 4.50. The number of hydrogen-bond donors (Lipinski definition) is 2. The van der Waals surface area contributed by atoms with E-state index in [-0.39, 0.29) is 5.91 Å². The summed E-state index contributed by atoms with van der Waals surface area (Å²) in [5, 5.41) is 2.97. The first kappa shape index (κ1) is 16.7. The number of carbonyl (C=O) groups is 1. The molecule has 5 heteroatoms. The topological polar surface area (TPSA) is 55.1 Å². The highest BCUT2D eigenvalue weighted by molar-refractivity contribution is 7.98. The molecule has 1 unspecified atom stereocenters. The number of carbonyl (C=O) groups excluding carboxylic acids is 1. The normalized spacial score (nSPS) is 13.2. The summed E-state index contributed by atoms with van der Waals surface area (Å²) in [6, 6.07) is 0. The Kier molecular flexibility index (Phi) is 7.79. The highest BCUT2D eigenvalue weighted by Gasteiger charge is 2.37. The number of nitrogens with two attached hydrogens (primary N) is 1. The lowest BCUT2D eigenvalue weighted by atomic mass is 9.81. The van der Waals surface area contributed by atoms with Crippen molar-refractivity contribution in [3.05, 3.63) is 0 Å². The van der Waals surface area contributed by atoms with Crippen molar-refractivity contribution in [1.82, 2.24) is 5.32 Å². The second-order valence-electron chi connectivity index (χ2n) is 4.42. The molecular formula is C12H24N2OS2. The molecule has 0 aliphatic heterocycles. The summed E-state index contributed by atoms with van der Waals surface area (Å²) in [7, 11) is 0. The van der Waals surface area contributed by atoms with Crippen molar-refractivity contribution < 1.29 is 4.79 Å². The molecule has 100 valence electrons. The van der Waals surface area contributed by atoms with Crippen molar-refractivity contribution in [2.75, 3.05) is 18.6 Å². The van der Waals surface area contributed by atoms with Crippen molar-refractivity contribution in [2.45, 2.75) is 33.6 Å². The molecule has 0 radical (unpaired) electrons. The van der Waals surface area contributed by atoms with E-state index in [0.29, 0.717) is 30.3 Å². The molecular weight excluding hydrogens is 252 g/mol. The predicted octanol–water partition coefficient (Wildman–Crippen LogP) is 2.19. The average molecular weight is 276 g/mol. The minimum atomic E-state index is -0.672. The van der Waals surface area contributed by atoms with E-state index in [2.05, 4.69) is 18.5 Å². The van der Waals surface area contributed by atoms with Crippen molar-refractivity contribution in [1.29, 1.82) is 0 Å². The molecule has 0 spiro atoms. The lowest BCUT2D eigenvalue weighted by Gasteiger charge is -2.29. The third-order valence-electron chi connectivity index (χ3n) is 3.18. The van der Waals surface area contributed by atoms with Gasteiger partial charge in [-0.25, -0.2) is 0 Å². The first-order valence-corrected chi connectivity index (χ1v) is 7.81. The summed E-state index contributed by atoms with van der Waals surface area (Å²) in [5.74, 6) is 1.48. The van der Waals surface area contributed by atoms with E-state index < -0.39 is 5.41 Å². The molecule has 0 saturated heterocycles. The van der Waals surface area contributed by atoms with Gasteiger partial charge in [-0.05, 0) is 30.8 Å². The summed E-state index contributed by atoms with van der Waals surface area (Å²) < 4.78 is 0. The van der Waals surface area contributed by atoms with Crippen molar-refractivity contribution in [3.63, 3.8) is 0 Å². The number of rotatable bonds is 8. The number of nitrogens with one attached hydrogen (secondary N) is 1. The first-order valence-electron chi connectivity index (χ1n) is 6.01. The summed E-state index contributed by atoms with van der Waals surface area (Å²) in [5.41, 5.74) is 5.05. The number of thiocarbonyl (C=S) groups is 1. The molecule has 1 amide bonds. The van der Waals surface area contributed by atoms with Gasteiger partial charge in [0.15, 0.2) is 0 Å². The van der Waals surface area contributed by atoms with E-state index in [9.17, 15) is 4.79 Å². The first-order chi connectivity index (χ1) is 7.94. The fourth-order valence-electron chi connectivity index (χ4n) is 1.81. The molecule has 0 aromatic heterocycles. The maximum atomic E-state index is 12.2. The zero-order chi connectivity index (χ0) is 13.5. The van der Waals surface area contributed by atoms with E-state index in [0.717, 1.165) is 5.75 Å². The number of hydrogen-bond acceptors (Lipinski definition) is 3. The maximum absolute atomic E-state index is 12.2. The van der Waals surface area contributed by atoms with Gasteiger partial charge in [0.2, 0.25) is 5.91 Å². The zero-order valence-electron chi connectivity index (χ0n) is 11.2. The van der Waals surface area contributed by atoms with Crippen LogP contribution in [0.4, 0.5) is 0 Å². The maximum Gasteiger partial charge on any atom is 0.233 e. The lowest BCUT2D eigenvalue weighted by molar-refractivity contribution is -0.127. The van der Waals surface area contributed by atoms with Gasteiger partial charge in [-0.15, -0.1) is 0 Å². The molecule has 0 aromatic carbocycles. The van der Waals surface area contributed by atoms with Crippen molar-refractivity contribution in [2.24, 2.45) is 17.1 Å². The number of thioether (sulfide) groups is 1. The zero-order valence-corrected chi connectivity index (χ0v) is 12.8. The minimum Gasteiger partial charge on any atom is -0.392 e. The van der Waals surface area contributed by atoms with Crippen LogP contribution in [0, 0.1) is 11.3 Å². The van der Waals surface area contributed by atoms with Gasteiger partial charge in [0, 0.05) is 6.54 Å². The van der Waals surface area contributed by atoms with Gasteiger partial charge in [-0.3, -0.25) is 4.79 Å². The molecule has 17 heavy (non-hydrogen) atoms. The van der Waals surface area contributed by atoms with E-state index in [1.165, 1.54) is 0 Å². The predicted molar refractivity (Wildman–Crippen MR) is 80.4 cm³/mol. The van der Waals surface area contributed by atoms with Gasteiger partial charge in [0.25, 0.3) is 0 Å². The average Bonchev–Trinajstić information content (AvgIpc) is 2.28. The molecule has 0 fully saturated rings. The third-order valence-corrected chi connectivity index (χ3v) is 4.47. The van der Waals surface area contributed by atoms with Crippen LogP contribution in [0.3, 0.4) is 0 Å². The second-order valence-corrected chi connectivity index (χ2v) is 5.77. The van der Waals surface area contributed by atoms with Gasteiger partial charge >= 0.3 is 0 Å². The Morgan fingerprint density at radius 3 is 2.35 bits per heavy atom. The molecule has 0 aromatic rings. The smallest absolute Gasteiger partial charge is 0.233 e. The van der Waals surface area contributed by atoms with Crippen LogP contribution in [0.25, 0.3) is 0 Å². The van der Waals surface area contributed by atoms with Crippen LogP contribution in [0.1, 0.15) is 33.6 Å². The van der Waals surface area contributed by atoms with Gasteiger partial charge in [-0.1, -0.05) is 33.0 Å². The molecule has 0 rings (SSSR count). The fraction of sp³-hybridized carbons (Fsp3) is 0.833. The monoisotopic (exact) mass is 276 g/mol. The van der Waals surface area contributed by atoms with Gasteiger partial charge in [-0.2, -0.15) is 11.8 Å². The molecule has 0 saturated carbocycles. The Hall–Kier alpha value is -0.290. The summed E-state index contributed by atoms with van der Waals surface area (Å²) in [4.78, 5) is 12.5. The molecule has 1 atom stereocenters. The molecule has 0 heterocycles. The van der Waals surface area contributed by atoms with Gasteiger partial charge < -0.3 is 11.1 Å². The van der Waals surface area contributed by atoms with Crippen LogP contribution < -0.4 is 11.1 Å². The summed E-state index contributed by atoms with van der Waals surface area (Å²) in [6.45, 7) is 6.71. The second kappa shape index (κ2) is 7.93. The van der Waals surface area contributed by atoms with Crippen LogP contribution in [-0.4, -0.2) is 29.4 Å². The van der Waals surface area contributed by atoms with Crippen LogP contribution in [0.15, 0.2) is 0 Å². The Labute approximate surface area is 114 Å². The fourth-order valence-corrected chi connectivity index (χ4v) is 2.88. The van der Waals surface area contributed by atoms with Gasteiger partial charge in [0.05, 0.1) is 10.4 Å². The van der Waals surface area contributed by atoms with Crippen LogP contribution in [0.5, 0.6) is 0 Å². The molecule has 3 nitrogen and oxygen atoms in total. The third kappa shape index (κ3) is 4.47. The van der Waals surface area contributed by atoms with E-state index >= 15 is 0 Å². The van der Waals surface area contributed by atoms with Gasteiger partial charge in [0.1, 0.15) is 0 Å². The molecule has 0 aliphatic carbocycles. The Morgan fingerprint density at radius 1 is 1.47 bits per heavy atom. The summed E-state index contributed by atoms with van der Waals surface area (Å²) >= 11 is 6.83. The van der Waals surface area contributed by atoms with Crippen LogP contribution >= 0.6 is 24.0 Å². The van der Waals surface area contributed by atoms with Crippen molar-refractivity contribution >= 4 is 34.9 Å². The quantitative estimate of drug-likeness (QED) is 0.667. The number of amides is 1. The van der Waals surface area contributed by atoms with Crippen LogP contribution in [0.2, 0.25) is 0 Å². The summed E-state index contributed by atoms with van der Waals surface area (Å²) in [6.07, 6.45) is 3.37. The van der Waals surface area contributed by atoms with Crippen LogP contribution in [-0.2, 0) is 4.79 Å².